The van der Waals surface area contributed by atoms with Crippen LogP contribution < -0.4 is 5.73 Å². The topological polar surface area (TPSA) is 46.3 Å². The van der Waals surface area contributed by atoms with E-state index >= 15 is 0 Å². The summed E-state index contributed by atoms with van der Waals surface area (Å²) in [5, 5.41) is 0. The minimum absolute atomic E-state index is 0.151. The van der Waals surface area contributed by atoms with Crippen molar-refractivity contribution in [1.29, 1.82) is 0 Å². The van der Waals surface area contributed by atoms with Crippen molar-refractivity contribution in [2.24, 2.45) is 11.7 Å². The Morgan fingerprint density at radius 3 is 2.70 bits per heavy atom. The van der Waals surface area contributed by atoms with Crippen LogP contribution in [0.25, 0.3) is 0 Å². The third-order valence-corrected chi connectivity index (χ3v) is 4.83. The number of hydrogen-bond donors (Lipinski definition) is 1. The number of carbonyl (C=O) groups is 1. The minimum atomic E-state index is 0.151. The molecule has 1 aromatic rings. The summed E-state index contributed by atoms with van der Waals surface area (Å²) in [5.74, 6) is 0.471. The fourth-order valence-electron chi connectivity index (χ4n) is 3.08. The molecule has 2 fully saturated rings. The molecule has 0 bridgehead atoms. The summed E-state index contributed by atoms with van der Waals surface area (Å²) in [6.07, 6.45) is 5.12. The lowest BCUT2D eigenvalue weighted by Crippen LogP contribution is -2.37. The van der Waals surface area contributed by atoms with E-state index in [1.54, 1.807) is 0 Å². The Bertz CT molecular complexity index is 501. The lowest BCUT2D eigenvalue weighted by molar-refractivity contribution is -0.136. The standard InChI is InChI=1S/C16H21BrN2O/c17-13-3-1-2-11(8-13)10-19(15-6-7-15)16(20)12-4-5-14(18)9-12/h1-3,8,12,14-15H,4-7,9-10,18H2. The molecular weight excluding hydrogens is 316 g/mol. The molecule has 1 aromatic carbocycles. The third kappa shape index (κ3) is 3.23. The molecule has 2 atom stereocenters. The van der Waals surface area contributed by atoms with Crippen molar-refractivity contribution in [3.8, 4) is 0 Å². The summed E-state index contributed by atoms with van der Waals surface area (Å²) < 4.78 is 1.07. The van der Waals surface area contributed by atoms with Crippen molar-refractivity contribution in [2.75, 3.05) is 0 Å². The Balaban J connectivity index is 1.71. The normalized spacial score (nSPS) is 25.7. The molecule has 2 aliphatic carbocycles. The van der Waals surface area contributed by atoms with Crippen molar-refractivity contribution in [3.05, 3.63) is 34.3 Å². The number of hydrogen-bond acceptors (Lipinski definition) is 2. The average Bonchev–Trinajstić information content (AvgIpc) is 3.17. The van der Waals surface area contributed by atoms with Gasteiger partial charge >= 0.3 is 0 Å². The van der Waals surface area contributed by atoms with Gasteiger partial charge in [0.15, 0.2) is 0 Å². The summed E-state index contributed by atoms with van der Waals surface area (Å²) in [4.78, 5) is 14.8. The predicted molar refractivity (Wildman–Crippen MR) is 83.0 cm³/mol. The molecule has 3 nitrogen and oxygen atoms in total. The van der Waals surface area contributed by atoms with E-state index in [1.807, 2.05) is 12.1 Å². The van der Waals surface area contributed by atoms with Crippen molar-refractivity contribution >= 4 is 21.8 Å². The van der Waals surface area contributed by atoms with Gasteiger partial charge in [-0.25, -0.2) is 0 Å². The van der Waals surface area contributed by atoms with Gasteiger partial charge in [0.05, 0.1) is 0 Å². The maximum atomic E-state index is 12.7. The molecule has 0 aromatic heterocycles. The van der Waals surface area contributed by atoms with E-state index < -0.39 is 0 Å². The zero-order valence-electron chi connectivity index (χ0n) is 11.6. The lowest BCUT2D eigenvalue weighted by Gasteiger charge is -2.26. The van der Waals surface area contributed by atoms with Crippen LogP contribution in [0.2, 0.25) is 0 Å². The van der Waals surface area contributed by atoms with Gasteiger partial charge in [0.25, 0.3) is 0 Å². The number of rotatable bonds is 4. The van der Waals surface area contributed by atoms with Crippen molar-refractivity contribution in [3.63, 3.8) is 0 Å². The van der Waals surface area contributed by atoms with Crippen LogP contribution >= 0.6 is 15.9 Å². The molecule has 2 N–H and O–H groups in total. The number of benzene rings is 1. The van der Waals surface area contributed by atoms with Gasteiger partial charge in [-0.05, 0) is 49.8 Å². The van der Waals surface area contributed by atoms with E-state index in [0.29, 0.717) is 11.9 Å². The molecule has 2 saturated carbocycles. The molecular formula is C16H21BrN2O. The number of carbonyl (C=O) groups excluding carboxylic acids is 1. The Kier molecular flexibility index (Phi) is 4.13. The molecule has 1 amide bonds. The summed E-state index contributed by atoms with van der Waals surface area (Å²) in [6, 6.07) is 8.91. The number of amides is 1. The molecule has 0 saturated heterocycles. The molecule has 0 aliphatic heterocycles. The van der Waals surface area contributed by atoms with Crippen molar-refractivity contribution < 1.29 is 4.79 Å². The molecule has 20 heavy (non-hydrogen) atoms. The zero-order chi connectivity index (χ0) is 14.1. The Labute approximate surface area is 128 Å². The number of nitrogens with two attached hydrogens (primary N) is 1. The largest absolute Gasteiger partial charge is 0.335 e. The average molecular weight is 337 g/mol. The molecule has 108 valence electrons. The van der Waals surface area contributed by atoms with Crippen LogP contribution in [0.15, 0.2) is 28.7 Å². The molecule has 0 radical (unpaired) electrons. The van der Waals surface area contributed by atoms with Crippen LogP contribution in [0, 0.1) is 5.92 Å². The lowest BCUT2D eigenvalue weighted by atomic mass is 10.1. The fraction of sp³-hybridized carbons (Fsp3) is 0.562. The summed E-state index contributed by atoms with van der Waals surface area (Å²) in [6.45, 7) is 0.731. The quantitative estimate of drug-likeness (QED) is 0.918. The SMILES string of the molecule is NC1CCC(C(=O)N(Cc2cccc(Br)c2)C2CC2)C1. The highest BCUT2D eigenvalue weighted by Crippen LogP contribution is 2.33. The van der Waals surface area contributed by atoms with Crippen LogP contribution in [0.5, 0.6) is 0 Å². The Morgan fingerprint density at radius 2 is 2.10 bits per heavy atom. The summed E-state index contributed by atoms with van der Waals surface area (Å²) in [7, 11) is 0. The van der Waals surface area contributed by atoms with Crippen LogP contribution in [0.3, 0.4) is 0 Å². The van der Waals surface area contributed by atoms with Gasteiger partial charge in [0.2, 0.25) is 5.91 Å². The first kappa shape index (κ1) is 14.1. The molecule has 0 heterocycles. The Morgan fingerprint density at radius 1 is 1.30 bits per heavy atom. The van der Waals surface area contributed by atoms with E-state index in [-0.39, 0.29) is 12.0 Å². The molecule has 2 unspecified atom stereocenters. The van der Waals surface area contributed by atoms with Gasteiger partial charge in [-0.1, -0.05) is 28.1 Å². The zero-order valence-corrected chi connectivity index (χ0v) is 13.2. The second-order valence-corrected chi connectivity index (χ2v) is 7.01. The van der Waals surface area contributed by atoms with Crippen molar-refractivity contribution in [1.82, 2.24) is 4.90 Å². The molecule has 0 spiro atoms. The number of halogens is 1. The highest BCUT2D eigenvalue weighted by atomic mass is 79.9. The molecule has 3 rings (SSSR count). The monoisotopic (exact) mass is 336 g/mol. The third-order valence-electron chi connectivity index (χ3n) is 4.34. The molecule has 2 aliphatic rings. The van der Waals surface area contributed by atoms with Gasteiger partial charge in [-0.3, -0.25) is 4.79 Å². The van der Waals surface area contributed by atoms with E-state index in [2.05, 4.69) is 33.0 Å². The fourth-order valence-corrected chi connectivity index (χ4v) is 3.53. The first-order chi connectivity index (χ1) is 9.63. The maximum Gasteiger partial charge on any atom is 0.226 e. The maximum absolute atomic E-state index is 12.7. The highest BCUT2D eigenvalue weighted by Gasteiger charge is 2.38. The van der Waals surface area contributed by atoms with Gasteiger partial charge < -0.3 is 10.6 Å². The van der Waals surface area contributed by atoms with Gasteiger partial charge in [-0.2, -0.15) is 0 Å². The Hall–Kier alpha value is -0.870. The predicted octanol–water partition coefficient (Wildman–Crippen LogP) is 3.07. The van der Waals surface area contributed by atoms with Gasteiger partial charge in [0, 0.05) is 29.0 Å². The van der Waals surface area contributed by atoms with E-state index in [4.69, 9.17) is 5.73 Å². The first-order valence-corrected chi connectivity index (χ1v) is 8.23. The van der Waals surface area contributed by atoms with E-state index in [0.717, 1.165) is 43.1 Å². The summed E-state index contributed by atoms with van der Waals surface area (Å²) in [5.41, 5.74) is 7.15. The second kappa shape index (κ2) is 5.86. The first-order valence-electron chi connectivity index (χ1n) is 7.44. The van der Waals surface area contributed by atoms with Gasteiger partial charge in [0.1, 0.15) is 0 Å². The van der Waals surface area contributed by atoms with Crippen molar-refractivity contribution in [2.45, 2.75) is 50.7 Å². The van der Waals surface area contributed by atoms with E-state index in [1.165, 1.54) is 5.56 Å². The summed E-state index contributed by atoms with van der Waals surface area (Å²) >= 11 is 3.50. The minimum Gasteiger partial charge on any atom is -0.335 e. The van der Waals surface area contributed by atoms with E-state index in [9.17, 15) is 4.79 Å². The molecule has 4 heteroatoms. The van der Waals surface area contributed by atoms with Gasteiger partial charge in [-0.15, -0.1) is 0 Å². The smallest absolute Gasteiger partial charge is 0.226 e. The number of nitrogens with zero attached hydrogens (tertiary/aromatic N) is 1. The highest BCUT2D eigenvalue weighted by molar-refractivity contribution is 9.10. The van der Waals surface area contributed by atoms with Crippen LogP contribution in [0.1, 0.15) is 37.7 Å². The van der Waals surface area contributed by atoms with Crippen LogP contribution in [-0.4, -0.2) is 22.9 Å². The van der Waals surface area contributed by atoms with Crippen LogP contribution in [-0.2, 0) is 11.3 Å². The van der Waals surface area contributed by atoms with Crippen LogP contribution in [0.4, 0.5) is 0 Å². The second-order valence-electron chi connectivity index (χ2n) is 6.10.